The molecule has 0 radical (unpaired) electrons. The number of ether oxygens (including phenoxy) is 1. The van der Waals surface area contributed by atoms with E-state index in [0.717, 1.165) is 17.6 Å². The summed E-state index contributed by atoms with van der Waals surface area (Å²) in [7, 11) is 0. The van der Waals surface area contributed by atoms with Crippen LogP contribution in [0.5, 0.6) is 0 Å². The van der Waals surface area contributed by atoms with Crippen molar-refractivity contribution in [3.63, 3.8) is 0 Å². The van der Waals surface area contributed by atoms with Crippen LogP contribution in [0.25, 0.3) is 0 Å². The number of rotatable bonds is 1. The summed E-state index contributed by atoms with van der Waals surface area (Å²) in [5, 5.41) is 3.36. The van der Waals surface area contributed by atoms with Gasteiger partial charge in [-0.2, -0.15) is 0 Å². The first kappa shape index (κ1) is 10.1. The van der Waals surface area contributed by atoms with Crippen molar-refractivity contribution in [3.05, 3.63) is 34.3 Å². The van der Waals surface area contributed by atoms with Crippen LogP contribution in [0, 0.1) is 0 Å². The highest BCUT2D eigenvalue weighted by molar-refractivity contribution is 9.10. The van der Waals surface area contributed by atoms with E-state index >= 15 is 0 Å². The van der Waals surface area contributed by atoms with Gasteiger partial charge >= 0.3 is 0 Å². The second-order valence-electron chi connectivity index (χ2n) is 3.65. The van der Waals surface area contributed by atoms with E-state index in [1.165, 1.54) is 5.56 Å². The van der Waals surface area contributed by atoms with Crippen molar-refractivity contribution in [1.29, 1.82) is 0 Å². The number of hydrogen-bond acceptors (Lipinski definition) is 2. The lowest BCUT2D eigenvalue weighted by Gasteiger charge is -2.29. The Morgan fingerprint density at radius 2 is 2.00 bits per heavy atom. The van der Waals surface area contributed by atoms with Gasteiger partial charge in [-0.3, -0.25) is 0 Å². The Labute approximate surface area is 92.8 Å². The monoisotopic (exact) mass is 255 g/mol. The topological polar surface area (TPSA) is 21.3 Å². The van der Waals surface area contributed by atoms with Crippen molar-refractivity contribution < 1.29 is 4.74 Å². The van der Waals surface area contributed by atoms with Crippen LogP contribution in [0.3, 0.4) is 0 Å². The molecule has 76 valence electrons. The summed E-state index contributed by atoms with van der Waals surface area (Å²) in [6.07, 6.45) is 0.504. The van der Waals surface area contributed by atoms with Gasteiger partial charge in [-0.1, -0.05) is 28.1 Å². The van der Waals surface area contributed by atoms with Gasteiger partial charge in [0.25, 0.3) is 0 Å². The molecule has 0 spiro atoms. The molecule has 0 bridgehead atoms. The SMILES string of the molecule is C[C@@H]1CNC[C@H](c2ccc(Br)cc2)O1. The Morgan fingerprint density at radius 1 is 1.29 bits per heavy atom. The van der Waals surface area contributed by atoms with Gasteiger partial charge in [0.2, 0.25) is 0 Å². The molecule has 1 N–H and O–H groups in total. The van der Waals surface area contributed by atoms with Gasteiger partial charge in [-0.05, 0) is 24.6 Å². The van der Waals surface area contributed by atoms with E-state index in [1.807, 2.05) is 0 Å². The summed E-state index contributed by atoms with van der Waals surface area (Å²) in [4.78, 5) is 0. The molecule has 1 heterocycles. The maximum Gasteiger partial charge on any atom is 0.0953 e. The molecule has 1 aromatic carbocycles. The van der Waals surface area contributed by atoms with E-state index in [0.29, 0.717) is 6.10 Å². The predicted molar refractivity (Wildman–Crippen MR) is 60.3 cm³/mol. The summed E-state index contributed by atoms with van der Waals surface area (Å²) in [6, 6.07) is 8.32. The van der Waals surface area contributed by atoms with Crippen LogP contribution in [0.1, 0.15) is 18.6 Å². The molecule has 0 aliphatic carbocycles. The van der Waals surface area contributed by atoms with Crippen molar-refractivity contribution in [3.8, 4) is 0 Å². The molecule has 1 aliphatic rings. The molecule has 14 heavy (non-hydrogen) atoms. The third-order valence-electron chi connectivity index (χ3n) is 2.40. The number of nitrogens with one attached hydrogen (secondary N) is 1. The Hall–Kier alpha value is -0.380. The zero-order chi connectivity index (χ0) is 9.97. The highest BCUT2D eigenvalue weighted by atomic mass is 79.9. The minimum atomic E-state index is 0.201. The molecule has 0 amide bonds. The molecule has 1 saturated heterocycles. The fraction of sp³-hybridized carbons (Fsp3) is 0.455. The molecule has 2 atom stereocenters. The lowest BCUT2D eigenvalue weighted by Crippen LogP contribution is -2.38. The highest BCUT2D eigenvalue weighted by Gasteiger charge is 2.19. The Bertz CT molecular complexity index is 299. The maximum absolute atomic E-state index is 5.83. The Balaban J connectivity index is 2.10. The zero-order valence-electron chi connectivity index (χ0n) is 8.16. The molecule has 0 saturated carbocycles. The smallest absolute Gasteiger partial charge is 0.0953 e. The number of morpholine rings is 1. The van der Waals surface area contributed by atoms with Crippen molar-refractivity contribution in [2.75, 3.05) is 13.1 Å². The standard InChI is InChI=1S/C11H14BrNO/c1-8-6-13-7-11(14-8)9-2-4-10(12)5-3-9/h2-5,8,11,13H,6-7H2,1H3/t8-,11-/m1/s1. The highest BCUT2D eigenvalue weighted by Crippen LogP contribution is 2.22. The Morgan fingerprint density at radius 3 is 2.64 bits per heavy atom. The van der Waals surface area contributed by atoms with Gasteiger partial charge in [0.15, 0.2) is 0 Å². The summed E-state index contributed by atoms with van der Waals surface area (Å²) in [6.45, 7) is 3.96. The lowest BCUT2D eigenvalue weighted by atomic mass is 10.1. The average molecular weight is 256 g/mol. The van der Waals surface area contributed by atoms with Gasteiger partial charge in [-0.15, -0.1) is 0 Å². The summed E-state index contributed by atoms with van der Waals surface area (Å²) in [5.74, 6) is 0. The van der Waals surface area contributed by atoms with Gasteiger partial charge in [-0.25, -0.2) is 0 Å². The number of benzene rings is 1. The van der Waals surface area contributed by atoms with Crippen molar-refractivity contribution in [1.82, 2.24) is 5.32 Å². The average Bonchev–Trinajstić information content (AvgIpc) is 2.19. The summed E-state index contributed by atoms with van der Waals surface area (Å²) < 4.78 is 6.94. The van der Waals surface area contributed by atoms with E-state index in [2.05, 4.69) is 52.4 Å². The lowest BCUT2D eigenvalue weighted by molar-refractivity contribution is -0.0287. The van der Waals surface area contributed by atoms with E-state index in [4.69, 9.17) is 4.74 Å². The maximum atomic E-state index is 5.83. The summed E-state index contributed by atoms with van der Waals surface area (Å²) in [5.41, 5.74) is 1.24. The van der Waals surface area contributed by atoms with Crippen molar-refractivity contribution in [2.24, 2.45) is 0 Å². The van der Waals surface area contributed by atoms with Crippen LogP contribution >= 0.6 is 15.9 Å². The van der Waals surface area contributed by atoms with Crippen LogP contribution in [-0.4, -0.2) is 19.2 Å². The molecule has 1 fully saturated rings. The molecule has 0 unspecified atom stereocenters. The summed E-state index contributed by atoms with van der Waals surface area (Å²) >= 11 is 3.42. The molecule has 0 aromatic heterocycles. The van der Waals surface area contributed by atoms with Crippen molar-refractivity contribution >= 4 is 15.9 Å². The minimum Gasteiger partial charge on any atom is -0.368 e. The van der Waals surface area contributed by atoms with Gasteiger partial charge in [0.1, 0.15) is 0 Å². The van der Waals surface area contributed by atoms with E-state index in [1.54, 1.807) is 0 Å². The minimum absolute atomic E-state index is 0.201. The molecule has 1 aromatic rings. The van der Waals surface area contributed by atoms with Crippen LogP contribution in [-0.2, 0) is 4.74 Å². The first-order valence-electron chi connectivity index (χ1n) is 4.87. The van der Waals surface area contributed by atoms with Crippen LogP contribution in [0.4, 0.5) is 0 Å². The molecule has 2 nitrogen and oxygen atoms in total. The predicted octanol–water partition coefficient (Wildman–Crippen LogP) is 2.50. The molecule has 1 aliphatic heterocycles. The molecule has 3 heteroatoms. The van der Waals surface area contributed by atoms with E-state index < -0.39 is 0 Å². The largest absolute Gasteiger partial charge is 0.368 e. The quantitative estimate of drug-likeness (QED) is 0.833. The fourth-order valence-corrected chi connectivity index (χ4v) is 1.93. The second kappa shape index (κ2) is 4.43. The normalized spacial score (nSPS) is 27.6. The van der Waals surface area contributed by atoms with Crippen LogP contribution < -0.4 is 5.32 Å². The van der Waals surface area contributed by atoms with E-state index in [-0.39, 0.29) is 6.10 Å². The first-order valence-corrected chi connectivity index (χ1v) is 5.66. The van der Waals surface area contributed by atoms with Crippen LogP contribution in [0.2, 0.25) is 0 Å². The zero-order valence-corrected chi connectivity index (χ0v) is 9.75. The fourth-order valence-electron chi connectivity index (χ4n) is 1.67. The third kappa shape index (κ3) is 2.35. The van der Waals surface area contributed by atoms with Gasteiger partial charge < -0.3 is 10.1 Å². The van der Waals surface area contributed by atoms with E-state index in [9.17, 15) is 0 Å². The third-order valence-corrected chi connectivity index (χ3v) is 2.93. The van der Waals surface area contributed by atoms with Gasteiger partial charge in [0.05, 0.1) is 12.2 Å². The number of hydrogen-bond donors (Lipinski definition) is 1. The Kier molecular flexibility index (Phi) is 3.21. The second-order valence-corrected chi connectivity index (χ2v) is 4.56. The number of halogens is 1. The van der Waals surface area contributed by atoms with Crippen LogP contribution in [0.15, 0.2) is 28.7 Å². The van der Waals surface area contributed by atoms with Gasteiger partial charge in [0, 0.05) is 17.6 Å². The first-order chi connectivity index (χ1) is 6.75. The molecular weight excluding hydrogens is 242 g/mol. The van der Waals surface area contributed by atoms with Crippen molar-refractivity contribution in [2.45, 2.75) is 19.1 Å². The molecule has 2 rings (SSSR count). The molecular formula is C11H14BrNO.